The van der Waals surface area contributed by atoms with Crippen LogP contribution < -0.4 is 5.32 Å². The standard InChI is InChI=1S/C34H35ClN4O2/c1-21(2)22-9-11-23(12-10-22)33-32-27(25-7-4-5-8-29(25)38-32)20-31(34(40)41-3)39(33)18-6-16-36-28-15-17-37-30-19-24(35)13-14-26(28)30/h4-5,7-15,17,19,21,31,33,38H,6,16,18,20H2,1-3H3,(H,36,37)/t31-,33-/m0/s1. The Morgan fingerprint density at radius 3 is 2.68 bits per heavy atom. The van der Waals surface area contributed by atoms with Crippen molar-refractivity contribution in [3.63, 3.8) is 0 Å². The molecule has 0 amide bonds. The maximum absolute atomic E-state index is 13.3. The number of H-pyrrole nitrogens is 1. The van der Waals surface area contributed by atoms with Crippen molar-refractivity contribution >= 4 is 45.1 Å². The molecule has 0 unspecified atom stereocenters. The van der Waals surface area contributed by atoms with Gasteiger partial charge in [0.1, 0.15) is 6.04 Å². The van der Waals surface area contributed by atoms with Gasteiger partial charge in [-0.3, -0.25) is 14.7 Å². The Bertz CT molecular complexity index is 1690. The van der Waals surface area contributed by atoms with E-state index in [9.17, 15) is 4.79 Å². The van der Waals surface area contributed by atoms with Crippen LogP contribution in [0.2, 0.25) is 5.02 Å². The lowest BCUT2D eigenvalue weighted by atomic mass is 9.87. The van der Waals surface area contributed by atoms with Crippen molar-refractivity contribution in [2.45, 2.75) is 44.7 Å². The molecule has 6 nitrogen and oxygen atoms in total. The molecule has 3 heterocycles. The van der Waals surface area contributed by atoms with Gasteiger partial charge in [-0.25, -0.2) is 0 Å². The molecule has 0 spiro atoms. The van der Waals surface area contributed by atoms with E-state index in [2.05, 4.69) is 82.6 Å². The molecule has 0 saturated heterocycles. The normalized spacial score (nSPS) is 17.2. The summed E-state index contributed by atoms with van der Waals surface area (Å²) in [7, 11) is 1.49. The number of carbonyl (C=O) groups is 1. The van der Waals surface area contributed by atoms with Gasteiger partial charge >= 0.3 is 5.97 Å². The van der Waals surface area contributed by atoms with Crippen molar-refractivity contribution in [3.05, 3.63) is 106 Å². The van der Waals surface area contributed by atoms with Crippen LogP contribution in [0, 0.1) is 0 Å². The van der Waals surface area contributed by atoms with Gasteiger partial charge in [0.2, 0.25) is 0 Å². The molecule has 2 atom stereocenters. The Kier molecular flexibility index (Phi) is 7.69. The summed E-state index contributed by atoms with van der Waals surface area (Å²) in [6, 6.07) is 24.5. The van der Waals surface area contributed by atoms with Crippen LogP contribution in [0.15, 0.2) is 79.0 Å². The zero-order valence-corrected chi connectivity index (χ0v) is 24.4. The highest BCUT2D eigenvalue weighted by Gasteiger charge is 2.41. The Morgan fingerprint density at radius 1 is 1.10 bits per heavy atom. The average Bonchev–Trinajstić information content (AvgIpc) is 3.36. The quantitative estimate of drug-likeness (QED) is 0.150. The predicted molar refractivity (Wildman–Crippen MR) is 167 cm³/mol. The van der Waals surface area contributed by atoms with Crippen molar-refractivity contribution in [1.82, 2.24) is 14.9 Å². The van der Waals surface area contributed by atoms with E-state index in [0.29, 0.717) is 23.9 Å². The van der Waals surface area contributed by atoms with Crippen LogP contribution in [-0.4, -0.2) is 47.1 Å². The summed E-state index contributed by atoms with van der Waals surface area (Å²) in [5, 5.41) is 6.47. The summed E-state index contributed by atoms with van der Waals surface area (Å²) in [4.78, 5) is 23.8. The lowest BCUT2D eigenvalue weighted by Gasteiger charge is -2.41. The Balaban J connectivity index is 1.32. The highest BCUT2D eigenvalue weighted by atomic mass is 35.5. The topological polar surface area (TPSA) is 70.2 Å². The van der Waals surface area contributed by atoms with E-state index in [1.54, 1.807) is 6.20 Å². The minimum Gasteiger partial charge on any atom is -0.468 e. The lowest BCUT2D eigenvalue weighted by Crippen LogP contribution is -2.49. The molecule has 0 radical (unpaired) electrons. The highest BCUT2D eigenvalue weighted by Crippen LogP contribution is 2.41. The lowest BCUT2D eigenvalue weighted by molar-refractivity contribution is -0.148. The van der Waals surface area contributed by atoms with Crippen LogP contribution in [-0.2, 0) is 16.0 Å². The molecule has 6 rings (SSSR count). The molecule has 0 saturated carbocycles. The third-order valence-electron chi connectivity index (χ3n) is 8.25. The molecular formula is C34H35ClN4O2. The highest BCUT2D eigenvalue weighted by molar-refractivity contribution is 6.31. The number of aromatic amines is 1. The number of para-hydroxylation sites is 1. The zero-order valence-electron chi connectivity index (χ0n) is 23.7. The van der Waals surface area contributed by atoms with Gasteiger partial charge in [-0.05, 0) is 59.4 Å². The molecule has 41 heavy (non-hydrogen) atoms. The molecule has 210 valence electrons. The van der Waals surface area contributed by atoms with Gasteiger partial charge in [0, 0.05) is 58.4 Å². The number of carbonyl (C=O) groups excluding carboxylic acids is 1. The number of hydrogen-bond acceptors (Lipinski definition) is 5. The van der Waals surface area contributed by atoms with E-state index in [1.807, 2.05) is 24.3 Å². The summed E-state index contributed by atoms with van der Waals surface area (Å²) in [5.74, 6) is 0.249. The maximum Gasteiger partial charge on any atom is 0.323 e. The fraction of sp³-hybridized carbons (Fsp3) is 0.294. The monoisotopic (exact) mass is 566 g/mol. The third-order valence-corrected chi connectivity index (χ3v) is 8.49. The SMILES string of the molecule is COC(=O)[C@@H]1Cc2c([nH]c3ccccc23)[C@H](c2ccc(C(C)C)cc2)N1CCCNc1ccnc2cc(Cl)ccc12. The van der Waals surface area contributed by atoms with E-state index in [4.69, 9.17) is 16.3 Å². The maximum atomic E-state index is 13.3. The summed E-state index contributed by atoms with van der Waals surface area (Å²) in [6.07, 6.45) is 3.24. The van der Waals surface area contributed by atoms with Gasteiger partial charge in [0.25, 0.3) is 0 Å². The molecule has 1 aliphatic heterocycles. The molecule has 1 aliphatic rings. The Labute approximate surface area is 245 Å². The van der Waals surface area contributed by atoms with Crippen LogP contribution in [0.25, 0.3) is 21.8 Å². The van der Waals surface area contributed by atoms with Crippen LogP contribution in [0.1, 0.15) is 54.6 Å². The third kappa shape index (κ3) is 5.30. The van der Waals surface area contributed by atoms with Gasteiger partial charge < -0.3 is 15.0 Å². The van der Waals surface area contributed by atoms with E-state index in [0.717, 1.165) is 40.8 Å². The van der Waals surface area contributed by atoms with E-state index in [1.165, 1.54) is 29.2 Å². The number of nitrogens with one attached hydrogen (secondary N) is 2. The van der Waals surface area contributed by atoms with E-state index >= 15 is 0 Å². The molecular weight excluding hydrogens is 532 g/mol. The molecule has 5 aromatic rings. The molecule has 0 fully saturated rings. The first-order valence-electron chi connectivity index (χ1n) is 14.3. The molecule has 0 aliphatic carbocycles. The minimum atomic E-state index is -0.384. The van der Waals surface area contributed by atoms with Crippen molar-refractivity contribution in [2.24, 2.45) is 0 Å². The Hall–Kier alpha value is -3.87. The smallest absolute Gasteiger partial charge is 0.323 e. The second-order valence-electron chi connectivity index (χ2n) is 11.1. The van der Waals surface area contributed by atoms with Crippen LogP contribution >= 0.6 is 11.6 Å². The summed E-state index contributed by atoms with van der Waals surface area (Å²) in [6.45, 7) is 5.87. The average molecular weight is 567 g/mol. The van der Waals surface area contributed by atoms with Crippen LogP contribution in [0.4, 0.5) is 5.69 Å². The fourth-order valence-corrected chi connectivity index (χ4v) is 6.32. The molecule has 2 N–H and O–H groups in total. The first kappa shape index (κ1) is 27.3. The summed E-state index contributed by atoms with van der Waals surface area (Å²) < 4.78 is 5.37. The van der Waals surface area contributed by atoms with Crippen molar-refractivity contribution in [2.75, 3.05) is 25.5 Å². The van der Waals surface area contributed by atoms with Gasteiger partial charge in [0.05, 0.1) is 18.7 Å². The first-order valence-corrected chi connectivity index (χ1v) is 14.6. The number of methoxy groups -OCH3 is 1. The number of esters is 1. The zero-order chi connectivity index (χ0) is 28.5. The van der Waals surface area contributed by atoms with Gasteiger partial charge in [-0.15, -0.1) is 0 Å². The molecule has 3 aromatic carbocycles. The fourth-order valence-electron chi connectivity index (χ4n) is 6.15. The largest absolute Gasteiger partial charge is 0.468 e. The van der Waals surface area contributed by atoms with Crippen molar-refractivity contribution in [1.29, 1.82) is 0 Å². The number of pyridine rings is 1. The number of aromatic nitrogens is 2. The van der Waals surface area contributed by atoms with E-state index < -0.39 is 0 Å². The van der Waals surface area contributed by atoms with Crippen LogP contribution in [0.5, 0.6) is 0 Å². The molecule has 0 bridgehead atoms. The first-order chi connectivity index (χ1) is 19.9. The number of ether oxygens (including phenoxy) is 1. The number of halogens is 1. The van der Waals surface area contributed by atoms with Gasteiger partial charge in [-0.2, -0.15) is 0 Å². The second-order valence-corrected chi connectivity index (χ2v) is 11.5. The number of benzene rings is 3. The number of fused-ring (bicyclic) bond motifs is 4. The van der Waals surface area contributed by atoms with E-state index in [-0.39, 0.29) is 18.1 Å². The molecule has 2 aromatic heterocycles. The number of rotatable bonds is 8. The van der Waals surface area contributed by atoms with Crippen LogP contribution in [0.3, 0.4) is 0 Å². The number of hydrogen-bond donors (Lipinski definition) is 2. The summed E-state index contributed by atoms with van der Waals surface area (Å²) >= 11 is 6.18. The number of anilines is 1. The minimum absolute atomic E-state index is 0.0969. The van der Waals surface area contributed by atoms with Crippen molar-refractivity contribution in [3.8, 4) is 0 Å². The Morgan fingerprint density at radius 2 is 1.90 bits per heavy atom. The van der Waals surface area contributed by atoms with Gasteiger partial charge in [-0.1, -0.05) is 67.9 Å². The summed E-state index contributed by atoms with van der Waals surface area (Å²) in [5.41, 5.74) is 7.80. The van der Waals surface area contributed by atoms with Gasteiger partial charge in [0.15, 0.2) is 0 Å². The predicted octanol–water partition coefficient (Wildman–Crippen LogP) is 7.48. The number of nitrogens with zero attached hydrogens (tertiary/aromatic N) is 2. The van der Waals surface area contributed by atoms with Crippen molar-refractivity contribution < 1.29 is 9.53 Å². The molecule has 7 heteroatoms. The second kappa shape index (κ2) is 11.6.